The zero-order chi connectivity index (χ0) is 22.0. The van der Waals surface area contributed by atoms with Crippen LogP contribution in [0, 0.1) is 13.8 Å². The van der Waals surface area contributed by atoms with Gasteiger partial charge >= 0.3 is 0 Å². The number of carbonyl (C=O) groups is 1. The van der Waals surface area contributed by atoms with Gasteiger partial charge in [-0.3, -0.25) is 9.69 Å². The minimum Gasteiger partial charge on any atom is -0.373 e. The van der Waals surface area contributed by atoms with Gasteiger partial charge < -0.3 is 10.1 Å². The fraction of sp³-hybridized carbons (Fsp3) is 0.346. The number of ether oxygens (including phenoxy) is 1. The van der Waals surface area contributed by atoms with Gasteiger partial charge in [-0.1, -0.05) is 48.5 Å². The van der Waals surface area contributed by atoms with Crippen LogP contribution in [0.4, 0.5) is 5.00 Å². The molecule has 0 spiro atoms. The summed E-state index contributed by atoms with van der Waals surface area (Å²) in [7, 11) is 0. The SMILES string of the molecule is Cc1sc(NC(=O)c2ccccc2)c([C@@H](c2ccccc2)N2C[C@H](C)O[C@@H](C)C2)c1C. The van der Waals surface area contributed by atoms with Crippen molar-refractivity contribution in [2.45, 2.75) is 45.9 Å². The lowest BCUT2D eigenvalue weighted by atomic mass is 9.93. The lowest BCUT2D eigenvalue weighted by Gasteiger charge is -2.41. The Morgan fingerprint density at radius 1 is 1.00 bits per heavy atom. The van der Waals surface area contributed by atoms with Gasteiger partial charge in [0.15, 0.2) is 0 Å². The highest BCUT2D eigenvalue weighted by Gasteiger charge is 2.33. The Morgan fingerprint density at radius 2 is 1.58 bits per heavy atom. The van der Waals surface area contributed by atoms with Crippen molar-refractivity contribution < 1.29 is 9.53 Å². The monoisotopic (exact) mass is 434 g/mol. The number of amides is 1. The van der Waals surface area contributed by atoms with Gasteiger partial charge in [-0.15, -0.1) is 11.3 Å². The zero-order valence-corrected chi connectivity index (χ0v) is 19.4. The molecule has 4 nitrogen and oxygen atoms in total. The maximum Gasteiger partial charge on any atom is 0.256 e. The Labute approximate surface area is 188 Å². The molecule has 0 radical (unpaired) electrons. The van der Waals surface area contributed by atoms with Crippen molar-refractivity contribution in [3.8, 4) is 0 Å². The van der Waals surface area contributed by atoms with E-state index in [1.807, 2.05) is 30.3 Å². The summed E-state index contributed by atoms with van der Waals surface area (Å²) in [4.78, 5) is 16.7. The van der Waals surface area contributed by atoms with Gasteiger partial charge in [0, 0.05) is 29.1 Å². The van der Waals surface area contributed by atoms with Crippen molar-refractivity contribution in [3.05, 3.63) is 87.8 Å². The molecule has 1 amide bonds. The number of nitrogens with zero attached hydrogens (tertiary/aromatic N) is 1. The molecule has 4 rings (SSSR count). The van der Waals surface area contributed by atoms with Crippen molar-refractivity contribution in [1.29, 1.82) is 0 Å². The summed E-state index contributed by atoms with van der Waals surface area (Å²) in [5.74, 6) is -0.0707. The fourth-order valence-corrected chi connectivity index (χ4v) is 5.54. The van der Waals surface area contributed by atoms with Gasteiger partial charge in [-0.05, 0) is 51.0 Å². The third kappa shape index (κ3) is 4.74. The predicted molar refractivity (Wildman–Crippen MR) is 128 cm³/mol. The van der Waals surface area contributed by atoms with Gasteiger partial charge in [-0.2, -0.15) is 0 Å². The molecule has 1 aliphatic rings. The fourth-order valence-electron chi connectivity index (χ4n) is 4.46. The number of carbonyl (C=O) groups excluding carboxylic acids is 1. The van der Waals surface area contributed by atoms with Gasteiger partial charge in [0.05, 0.1) is 18.2 Å². The molecule has 1 aromatic heterocycles. The van der Waals surface area contributed by atoms with E-state index >= 15 is 0 Å². The van der Waals surface area contributed by atoms with E-state index in [0.717, 1.165) is 18.1 Å². The van der Waals surface area contributed by atoms with Crippen molar-refractivity contribution in [3.63, 3.8) is 0 Å². The van der Waals surface area contributed by atoms with E-state index < -0.39 is 0 Å². The van der Waals surface area contributed by atoms with Gasteiger partial charge in [0.1, 0.15) is 5.00 Å². The number of anilines is 1. The third-order valence-corrected chi connectivity index (χ3v) is 7.04. The Bertz CT molecular complexity index is 1020. The van der Waals surface area contributed by atoms with Crippen LogP contribution in [-0.2, 0) is 4.74 Å². The summed E-state index contributed by atoms with van der Waals surface area (Å²) >= 11 is 1.66. The zero-order valence-electron chi connectivity index (χ0n) is 18.6. The predicted octanol–water partition coefficient (Wildman–Crippen LogP) is 5.82. The highest BCUT2D eigenvalue weighted by molar-refractivity contribution is 7.16. The maximum atomic E-state index is 13.0. The van der Waals surface area contributed by atoms with Gasteiger partial charge in [-0.25, -0.2) is 0 Å². The van der Waals surface area contributed by atoms with Crippen LogP contribution in [-0.4, -0.2) is 36.1 Å². The summed E-state index contributed by atoms with van der Waals surface area (Å²) in [6, 6.07) is 20.1. The minimum atomic E-state index is -0.0707. The third-order valence-electron chi connectivity index (χ3n) is 5.90. The van der Waals surface area contributed by atoms with E-state index in [9.17, 15) is 4.79 Å². The van der Waals surface area contributed by atoms with E-state index in [1.165, 1.54) is 21.6 Å². The van der Waals surface area contributed by atoms with Crippen LogP contribution in [0.3, 0.4) is 0 Å². The largest absolute Gasteiger partial charge is 0.373 e. The lowest BCUT2D eigenvalue weighted by Crippen LogP contribution is -2.47. The van der Waals surface area contributed by atoms with E-state index in [-0.39, 0.29) is 24.2 Å². The Balaban J connectivity index is 1.77. The molecule has 0 bridgehead atoms. The van der Waals surface area contributed by atoms with Crippen molar-refractivity contribution in [2.75, 3.05) is 18.4 Å². The molecule has 3 atom stereocenters. The molecule has 0 aliphatic carbocycles. The standard InChI is InChI=1S/C26H30N2O2S/c1-17-15-28(16-18(2)30-17)24(21-11-7-5-8-12-21)23-19(3)20(4)31-26(23)27-25(29)22-13-9-6-10-14-22/h5-14,17-18,24H,15-16H2,1-4H3,(H,27,29)/t17-,18-,24+/m0/s1. The number of morpholine rings is 1. The summed E-state index contributed by atoms with van der Waals surface area (Å²) < 4.78 is 6.02. The topological polar surface area (TPSA) is 41.6 Å². The van der Waals surface area contributed by atoms with Crippen molar-refractivity contribution in [2.24, 2.45) is 0 Å². The first-order valence-electron chi connectivity index (χ1n) is 10.8. The number of nitrogens with one attached hydrogen (secondary N) is 1. The average molecular weight is 435 g/mol. The molecular weight excluding hydrogens is 404 g/mol. The van der Waals surface area contributed by atoms with Crippen LogP contribution in [0.15, 0.2) is 60.7 Å². The van der Waals surface area contributed by atoms with E-state index in [2.05, 4.69) is 68.2 Å². The summed E-state index contributed by atoms with van der Waals surface area (Å²) in [5.41, 5.74) is 4.34. The summed E-state index contributed by atoms with van der Waals surface area (Å²) in [6.45, 7) is 10.3. The molecule has 2 aromatic carbocycles. The average Bonchev–Trinajstić information content (AvgIpc) is 3.02. The number of rotatable bonds is 5. The number of hydrogen-bond acceptors (Lipinski definition) is 4. The minimum absolute atomic E-state index is 0.0611. The summed E-state index contributed by atoms with van der Waals surface area (Å²) in [6.07, 6.45) is 0.328. The first-order valence-corrected chi connectivity index (χ1v) is 11.7. The number of hydrogen-bond donors (Lipinski definition) is 1. The maximum absolute atomic E-state index is 13.0. The Kier molecular flexibility index (Phi) is 6.56. The molecule has 0 unspecified atom stereocenters. The van der Waals surface area contributed by atoms with Crippen LogP contribution in [0.2, 0.25) is 0 Å². The second kappa shape index (κ2) is 9.35. The van der Waals surface area contributed by atoms with Crippen molar-refractivity contribution in [1.82, 2.24) is 4.90 Å². The quantitative estimate of drug-likeness (QED) is 0.550. The molecular formula is C26H30N2O2S. The van der Waals surface area contributed by atoms with E-state index in [0.29, 0.717) is 5.56 Å². The van der Waals surface area contributed by atoms with Crippen molar-refractivity contribution >= 4 is 22.2 Å². The molecule has 1 aliphatic heterocycles. The first-order chi connectivity index (χ1) is 14.9. The number of benzene rings is 2. The first kappa shape index (κ1) is 21.8. The highest BCUT2D eigenvalue weighted by atomic mass is 32.1. The van der Waals surface area contributed by atoms with Crippen LogP contribution in [0.25, 0.3) is 0 Å². The molecule has 2 heterocycles. The molecule has 3 aromatic rings. The van der Waals surface area contributed by atoms with Crippen LogP contribution >= 0.6 is 11.3 Å². The molecule has 1 fully saturated rings. The normalized spacial score (nSPS) is 20.4. The van der Waals surface area contributed by atoms with Gasteiger partial charge in [0.2, 0.25) is 0 Å². The summed E-state index contributed by atoms with van der Waals surface area (Å²) in [5, 5.41) is 4.16. The lowest BCUT2D eigenvalue weighted by molar-refractivity contribution is -0.0765. The molecule has 1 saturated heterocycles. The second-order valence-electron chi connectivity index (χ2n) is 8.37. The molecule has 1 N–H and O–H groups in total. The number of aryl methyl sites for hydroxylation is 1. The smallest absolute Gasteiger partial charge is 0.256 e. The molecule has 5 heteroatoms. The Morgan fingerprint density at radius 3 is 2.19 bits per heavy atom. The van der Waals surface area contributed by atoms with E-state index in [1.54, 1.807) is 11.3 Å². The molecule has 0 saturated carbocycles. The molecule has 162 valence electrons. The van der Waals surface area contributed by atoms with Gasteiger partial charge in [0.25, 0.3) is 5.91 Å². The Hall–Kier alpha value is -2.47. The van der Waals surface area contributed by atoms with Crippen LogP contribution < -0.4 is 5.32 Å². The van der Waals surface area contributed by atoms with E-state index in [4.69, 9.17) is 4.74 Å². The van der Waals surface area contributed by atoms with Crippen LogP contribution in [0.1, 0.15) is 51.8 Å². The highest BCUT2D eigenvalue weighted by Crippen LogP contribution is 2.43. The van der Waals surface area contributed by atoms with Crippen LogP contribution in [0.5, 0.6) is 0 Å². The molecule has 31 heavy (non-hydrogen) atoms. The number of thiophene rings is 1. The second-order valence-corrected chi connectivity index (χ2v) is 9.60.